The molecule has 0 fully saturated rings. The van der Waals surface area contributed by atoms with E-state index in [1.807, 2.05) is 0 Å². The molecule has 0 N–H and O–H groups in total. The van der Waals surface area contributed by atoms with Gasteiger partial charge < -0.3 is 9.90 Å². The van der Waals surface area contributed by atoms with Crippen LogP contribution in [0.25, 0.3) is 0 Å². The quantitative estimate of drug-likeness (QED) is 0.601. The van der Waals surface area contributed by atoms with Crippen molar-refractivity contribution in [2.24, 2.45) is 5.41 Å². The van der Waals surface area contributed by atoms with Crippen LogP contribution in [0.15, 0.2) is 0 Å². The standard InChI is InChI=1S/C5H4F6O2/c1-3(2(12)13,4(6,7)8)5(9,10)11/h1H3,(H,12,13)/p-1. The van der Waals surface area contributed by atoms with Crippen LogP contribution in [0.3, 0.4) is 0 Å². The Bertz CT molecular complexity index is 200. The predicted molar refractivity (Wildman–Crippen MR) is 25.2 cm³/mol. The lowest BCUT2D eigenvalue weighted by Crippen LogP contribution is -2.58. The van der Waals surface area contributed by atoms with E-state index in [4.69, 9.17) is 0 Å². The average Bonchev–Trinajstić information content (AvgIpc) is 1.80. The highest BCUT2D eigenvalue weighted by atomic mass is 19.4. The summed E-state index contributed by atoms with van der Waals surface area (Å²) in [6, 6.07) is 0. The van der Waals surface area contributed by atoms with Crippen LogP contribution in [0.1, 0.15) is 6.92 Å². The summed E-state index contributed by atoms with van der Waals surface area (Å²) >= 11 is 0. The van der Waals surface area contributed by atoms with Gasteiger partial charge in [-0.2, -0.15) is 26.3 Å². The van der Waals surface area contributed by atoms with Crippen molar-refractivity contribution >= 4 is 5.97 Å². The fourth-order valence-corrected chi connectivity index (χ4v) is 0.392. The van der Waals surface area contributed by atoms with Crippen LogP contribution in [0.4, 0.5) is 26.3 Å². The third-order valence-electron chi connectivity index (χ3n) is 1.54. The van der Waals surface area contributed by atoms with Crippen LogP contribution >= 0.6 is 0 Å². The minimum atomic E-state index is -5.93. The lowest BCUT2D eigenvalue weighted by Gasteiger charge is -2.34. The van der Waals surface area contributed by atoms with Crippen LogP contribution < -0.4 is 5.11 Å². The first-order valence-corrected chi connectivity index (χ1v) is 2.79. The minimum absolute atomic E-state index is 0.484. The number of hydrogen-bond donors (Lipinski definition) is 0. The van der Waals surface area contributed by atoms with Crippen molar-refractivity contribution in [1.29, 1.82) is 0 Å². The fourth-order valence-electron chi connectivity index (χ4n) is 0.392. The molecule has 13 heavy (non-hydrogen) atoms. The molecule has 0 aromatic heterocycles. The first-order chi connectivity index (χ1) is 5.44. The highest BCUT2D eigenvalue weighted by Gasteiger charge is 2.68. The highest BCUT2D eigenvalue weighted by molar-refractivity contribution is 5.74. The number of alkyl halides is 6. The van der Waals surface area contributed by atoms with Crippen LogP contribution in [0.2, 0.25) is 0 Å². The van der Waals surface area contributed by atoms with Gasteiger partial charge in [-0.25, -0.2) is 0 Å². The van der Waals surface area contributed by atoms with Gasteiger partial charge in [0.15, 0.2) is 5.41 Å². The molecule has 0 amide bonds. The Labute approximate surface area is 68.1 Å². The molecule has 0 saturated carbocycles. The van der Waals surface area contributed by atoms with Gasteiger partial charge in [0.25, 0.3) is 0 Å². The van der Waals surface area contributed by atoms with Crippen LogP contribution in [0.5, 0.6) is 0 Å². The SMILES string of the molecule is CC(C(=O)[O-])(C(F)(F)F)C(F)(F)F. The normalized spacial score (nSPS) is 14.4. The van der Waals surface area contributed by atoms with Crippen molar-refractivity contribution in [1.82, 2.24) is 0 Å². The molecule has 78 valence electrons. The minimum Gasteiger partial charge on any atom is -0.549 e. The monoisotopic (exact) mass is 209 g/mol. The van der Waals surface area contributed by atoms with E-state index in [0.717, 1.165) is 0 Å². The van der Waals surface area contributed by atoms with E-state index in [0.29, 0.717) is 0 Å². The second-order valence-electron chi connectivity index (χ2n) is 2.41. The number of carbonyl (C=O) groups excluding carboxylic acids is 1. The predicted octanol–water partition coefficient (Wildman–Crippen LogP) is 0.867. The van der Waals surface area contributed by atoms with Gasteiger partial charge in [-0.1, -0.05) is 0 Å². The van der Waals surface area contributed by atoms with E-state index in [2.05, 4.69) is 0 Å². The summed E-state index contributed by atoms with van der Waals surface area (Å²) in [5.41, 5.74) is -4.82. The lowest BCUT2D eigenvalue weighted by molar-refractivity contribution is -0.382. The molecule has 0 heterocycles. The van der Waals surface area contributed by atoms with E-state index in [1.54, 1.807) is 0 Å². The van der Waals surface area contributed by atoms with Gasteiger partial charge in [0.2, 0.25) is 0 Å². The number of hydrogen-bond acceptors (Lipinski definition) is 2. The van der Waals surface area contributed by atoms with Crippen molar-refractivity contribution in [2.45, 2.75) is 19.3 Å². The molecule has 0 saturated heterocycles. The number of carbonyl (C=O) groups is 1. The molecule has 2 nitrogen and oxygen atoms in total. The highest BCUT2D eigenvalue weighted by Crippen LogP contribution is 2.49. The van der Waals surface area contributed by atoms with Crippen LogP contribution in [-0.4, -0.2) is 18.3 Å². The van der Waals surface area contributed by atoms with Crippen molar-refractivity contribution in [3.63, 3.8) is 0 Å². The Morgan fingerprint density at radius 1 is 1.00 bits per heavy atom. The summed E-state index contributed by atoms with van der Waals surface area (Å²) in [5.74, 6) is -3.22. The molecule has 0 aliphatic rings. The number of aliphatic carboxylic acids is 1. The van der Waals surface area contributed by atoms with Gasteiger partial charge in [-0.15, -0.1) is 0 Å². The summed E-state index contributed by atoms with van der Waals surface area (Å²) < 4.78 is 70.3. The first kappa shape index (κ1) is 12.0. The van der Waals surface area contributed by atoms with Gasteiger partial charge in [0.05, 0.1) is 5.97 Å². The summed E-state index contributed by atoms with van der Waals surface area (Å²) in [4.78, 5) is 9.76. The fraction of sp³-hybridized carbons (Fsp3) is 0.800. The lowest BCUT2D eigenvalue weighted by atomic mass is 9.89. The Morgan fingerprint density at radius 3 is 1.23 bits per heavy atom. The number of rotatable bonds is 1. The van der Waals surface area contributed by atoms with E-state index < -0.39 is 30.7 Å². The molecule has 0 aliphatic carbocycles. The van der Waals surface area contributed by atoms with Crippen molar-refractivity contribution in [2.75, 3.05) is 0 Å². The van der Waals surface area contributed by atoms with E-state index in [-0.39, 0.29) is 0 Å². The van der Waals surface area contributed by atoms with Gasteiger partial charge in [0, 0.05) is 0 Å². The summed E-state index contributed by atoms with van der Waals surface area (Å²) in [6.45, 7) is -0.484. The largest absolute Gasteiger partial charge is 0.549 e. The molecule has 0 aliphatic heterocycles. The van der Waals surface area contributed by atoms with Gasteiger partial charge in [0.1, 0.15) is 0 Å². The summed E-state index contributed by atoms with van der Waals surface area (Å²) in [6.07, 6.45) is -11.9. The maximum Gasteiger partial charge on any atom is 0.408 e. The number of carboxylic acid groups (broad SMARTS) is 1. The third-order valence-corrected chi connectivity index (χ3v) is 1.54. The first-order valence-electron chi connectivity index (χ1n) is 2.79. The second-order valence-corrected chi connectivity index (χ2v) is 2.41. The smallest absolute Gasteiger partial charge is 0.408 e. The van der Waals surface area contributed by atoms with Crippen LogP contribution in [-0.2, 0) is 4.79 Å². The maximum atomic E-state index is 11.7. The Morgan fingerprint density at radius 2 is 1.23 bits per heavy atom. The maximum absolute atomic E-state index is 11.7. The van der Waals surface area contributed by atoms with Crippen molar-refractivity contribution < 1.29 is 36.2 Å². The van der Waals surface area contributed by atoms with Crippen LogP contribution in [0, 0.1) is 5.41 Å². The molecule has 0 spiro atoms. The van der Waals surface area contributed by atoms with E-state index in [1.165, 1.54) is 0 Å². The molecule has 0 unspecified atom stereocenters. The number of carboxylic acids is 1. The van der Waals surface area contributed by atoms with Crippen molar-refractivity contribution in [3.05, 3.63) is 0 Å². The summed E-state index contributed by atoms with van der Waals surface area (Å²) in [7, 11) is 0. The Hall–Kier alpha value is -0.950. The second kappa shape index (κ2) is 2.78. The molecule has 0 bridgehead atoms. The average molecular weight is 209 g/mol. The van der Waals surface area contributed by atoms with Gasteiger partial charge in [-0.05, 0) is 6.92 Å². The molecule has 0 rings (SSSR count). The zero-order valence-electron chi connectivity index (χ0n) is 6.08. The molecular formula is C5H3F6O2-. The van der Waals surface area contributed by atoms with Crippen molar-refractivity contribution in [3.8, 4) is 0 Å². The third kappa shape index (κ3) is 1.70. The molecule has 0 atom stereocenters. The van der Waals surface area contributed by atoms with Gasteiger partial charge in [-0.3, -0.25) is 0 Å². The molecule has 0 aromatic rings. The zero-order chi connectivity index (χ0) is 11.1. The number of halogens is 6. The van der Waals surface area contributed by atoms with Gasteiger partial charge >= 0.3 is 12.4 Å². The topological polar surface area (TPSA) is 40.1 Å². The Kier molecular flexibility index (Phi) is 2.57. The summed E-state index contributed by atoms with van der Waals surface area (Å²) in [5, 5.41) is 9.76. The zero-order valence-corrected chi connectivity index (χ0v) is 6.08. The van der Waals surface area contributed by atoms with E-state index in [9.17, 15) is 36.2 Å². The molecule has 0 aromatic carbocycles. The molecule has 8 heteroatoms. The molecular weight excluding hydrogens is 206 g/mol. The van der Waals surface area contributed by atoms with E-state index >= 15 is 0 Å². The molecule has 0 radical (unpaired) electrons. The Balaban J connectivity index is 5.35.